The molecule has 0 spiro atoms. The number of hydrogen-bond donors (Lipinski definition) is 1. The molecule has 0 amide bonds. The van der Waals surface area contributed by atoms with Crippen LogP contribution in [0.1, 0.15) is 50.3 Å². The minimum atomic E-state index is 0.193. The lowest BCUT2D eigenvalue weighted by atomic mass is 9.92. The van der Waals surface area contributed by atoms with Crippen LogP contribution in [0.4, 0.5) is 0 Å². The third kappa shape index (κ3) is 2.31. The molecule has 2 N–H and O–H groups in total. The van der Waals surface area contributed by atoms with Gasteiger partial charge in [-0.15, -0.1) is 0 Å². The molecular formula is C12H19N. The second kappa shape index (κ2) is 4.43. The van der Waals surface area contributed by atoms with E-state index >= 15 is 0 Å². The molecule has 0 aliphatic carbocycles. The predicted octanol–water partition coefficient (Wildman–Crippen LogP) is 3.22. The van der Waals surface area contributed by atoms with E-state index in [0.29, 0.717) is 5.92 Å². The summed E-state index contributed by atoms with van der Waals surface area (Å²) in [7, 11) is 0. The standard InChI is InChI=1S/C12H19N/c1-4-12(13)11-8-6-5-7-10(11)9(2)3/h5-9,12H,4,13H2,1-3H3. The van der Waals surface area contributed by atoms with Crippen LogP contribution in [-0.2, 0) is 0 Å². The van der Waals surface area contributed by atoms with Gasteiger partial charge >= 0.3 is 0 Å². The van der Waals surface area contributed by atoms with Gasteiger partial charge in [-0.25, -0.2) is 0 Å². The molecule has 0 heterocycles. The fraction of sp³-hybridized carbons (Fsp3) is 0.500. The quantitative estimate of drug-likeness (QED) is 0.753. The molecular weight excluding hydrogens is 158 g/mol. The molecule has 72 valence electrons. The maximum atomic E-state index is 6.03. The molecule has 0 saturated carbocycles. The molecule has 1 unspecified atom stereocenters. The molecule has 1 aromatic carbocycles. The Morgan fingerprint density at radius 3 is 2.15 bits per heavy atom. The summed E-state index contributed by atoms with van der Waals surface area (Å²) in [4.78, 5) is 0. The number of rotatable bonds is 3. The molecule has 1 aromatic rings. The number of benzene rings is 1. The zero-order valence-corrected chi connectivity index (χ0v) is 8.75. The van der Waals surface area contributed by atoms with Crippen molar-refractivity contribution >= 4 is 0 Å². The molecule has 1 nitrogen and oxygen atoms in total. The molecule has 13 heavy (non-hydrogen) atoms. The third-order valence-corrected chi connectivity index (χ3v) is 2.46. The van der Waals surface area contributed by atoms with Gasteiger partial charge in [-0.05, 0) is 23.5 Å². The highest BCUT2D eigenvalue weighted by Crippen LogP contribution is 2.24. The van der Waals surface area contributed by atoms with Crippen LogP contribution in [0.3, 0.4) is 0 Å². The Bertz CT molecular complexity index is 266. The topological polar surface area (TPSA) is 26.0 Å². The van der Waals surface area contributed by atoms with E-state index < -0.39 is 0 Å². The highest BCUT2D eigenvalue weighted by Gasteiger charge is 2.10. The van der Waals surface area contributed by atoms with E-state index in [-0.39, 0.29) is 6.04 Å². The predicted molar refractivity (Wildman–Crippen MR) is 57.8 cm³/mol. The van der Waals surface area contributed by atoms with Gasteiger partial charge in [0.1, 0.15) is 0 Å². The second-order valence-corrected chi connectivity index (χ2v) is 3.80. The van der Waals surface area contributed by atoms with Crippen molar-refractivity contribution in [1.82, 2.24) is 0 Å². The second-order valence-electron chi connectivity index (χ2n) is 3.80. The van der Waals surface area contributed by atoms with E-state index in [2.05, 4.69) is 45.0 Å². The molecule has 0 bridgehead atoms. The number of hydrogen-bond acceptors (Lipinski definition) is 1. The Morgan fingerprint density at radius 2 is 1.69 bits per heavy atom. The van der Waals surface area contributed by atoms with Gasteiger partial charge in [0.25, 0.3) is 0 Å². The summed E-state index contributed by atoms with van der Waals surface area (Å²) in [6.07, 6.45) is 1.00. The monoisotopic (exact) mass is 177 g/mol. The van der Waals surface area contributed by atoms with Crippen molar-refractivity contribution in [3.05, 3.63) is 35.4 Å². The van der Waals surface area contributed by atoms with Crippen LogP contribution in [0.15, 0.2) is 24.3 Å². The van der Waals surface area contributed by atoms with Crippen molar-refractivity contribution in [2.24, 2.45) is 5.73 Å². The lowest BCUT2D eigenvalue weighted by Gasteiger charge is -2.17. The van der Waals surface area contributed by atoms with Gasteiger partial charge in [-0.3, -0.25) is 0 Å². The maximum Gasteiger partial charge on any atom is 0.0295 e. The van der Waals surface area contributed by atoms with E-state index in [4.69, 9.17) is 5.73 Å². The van der Waals surface area contributed by atoms with Gasteiger partial charge in [0.15, 0.2) is 0 Å². The van der Waals surface area contributed by atoms with E-state index in [1.807, 2.05) is 0 Å². The minimum absolute atomic E-state index is 0.193. The van der Waals surface area contributed by atoms with Crippen molar-refractivity contribution in [2.45, 2.75) is 39.2 Å². The van der Waals surface area contributed by atoms with Crippen LogP contribution in [0.2, 0.25) is 0 Å². The molecule has 0 aromatic heterocycles. The number of nitrogens with two attached hydrogens (primary N) is 1. The summed E-state index contributed by atoms with van der Waals surface area (Å²) in [5.74, 6) is 0.564. The van der Waals surface area contributed by atoms with E-state index in [1.165, 1.54) is 11.1 Å². The van der Waals surface area contributed by atoms with Crippen LogP contribution < -0.4 is 5.73 Å². The first-order valence-electron chi connectivity index (χ1n) is 5.01. The molecule has 1 atom stereocenters. The van der Waals surface area contributed by atoms with Gasteiger partial charge in [0.2, 0.25) is 0 Å². The minimum Gasteiger partial charge on any atom is -0.324 e. The molecule has 0 fully saturated rings. The van der Waals surface area contributed by atoms with Gasteiger partial charge < -0.3 is 5.73 Å². The Balaban J connectivity index is 3.04. The first kappa shape index (κ1) is 10.3. The zero-order valence-electron chi connectivity index (χ0n) is 8.75. The summed E-state index contributed by atoms with van der Waals surface area (Å²) in [6, 6.07) is 8.66. The van der Waals surface area contributed by atoms with Crippen molar-refractivity contribution in [3.8, 4) is 0 Å². The first-order valence-corrected chi connectivity index (χ1v) is 5.01. The van der Waals surface area contributed by atoms with Crippen LogP contribution in [0.5, 0.6) is 0 Å². The average Bonchev–Trinajstić information content (AvgIpc) is 2.16. The Labute approximate surface area is 81.0 Å². The summed E-state index contributed by atoms with van der Waals surface area (Å²) in [5.41, 5.74) is 8.72. The van der Waals surface area contributed by atoms with Crippen LogP contribution in [0, 0.1) is 0 Å². The average molecular weight is 177 g/mol. The summed E-state index contributed by atoms with van der Waals surface area (Å²) in [5, 5.41) is 0. The largest absolute Gasteiger partial charge is 0.324 e. The lowest BCUT2D eigenvalue weighted by Crippen LogP contribution is -2.11. The van der Waals surface area contributed by atoms with Crippen LogP contribution >= 0.6 is 0 Å². The van der Waals surface area contributed by atoms with Crippen molar-refractivity contribution in [3.63, 3.8) is 0 Å². The molecule has 0 aliphatic heterocycles. The summed E-state index contributed by atoms with van der Waals surface area (Å²) < 4.78 is 0. The van der Waals surface area contributed by atoms with Crippen molar-refractivity contribution < 1.29 is 0 Å². The molecule has 0 aliphatic rings. The van der Waals surface area contributed by atoms with Crippen LogP contribution in [0.25, 0.3) is 0 Å². The SMILES string of the molecule is CCC(N)c1ccccc1C(C)C. The van der Waals surface area contributed by atoms with Gasteiger partial charge in [0, 0.05) is 6.04 Å². The Kier molecular flexibility index (Phi) is 3.49. The Hall–Kier alpha value is -0.820. The highest BCUT2D eigenvalue weighted by atomic mass is 14.6. The van der Waals surface area contributed by atoms with Gasteiger partial charge in [-0.1, -0.05) is 45.0 Å². The molecule has 1 rings (SSSR count). The van der Waals surface area contributed by atoms with E-state index in [0.717, 1.165) is 6.42 Å². The normalized spacial score (nSPS) is 13.3. The van der Waals surface area contributed by atoms with Crippen molar-refractivity contribution in [2.75, 3.05) is 0 Å². The highest BCUT2D eigenvalue weighted by molar-refractivity contribution is 5.32. The summed E-state index contributed by atoms with van der Waals surface area (Å²) >= 11 is 0. The molecule has 0 saturated heterocycles. The van der Waals surface area contributed by atoms with E-state index in [1.54, 1.807) is 0 Å². The smallest absolute Gasteiger partial charge is 0.0295 e. The Morgan fingerprint density at radius 1 is 1.15 bits per heavy atom. The third-order valence-electron chi connectivity index (χ3n) is 2.46. The van der Waals surface area contributed by atoms with Crippen molar-refractivity contribution in [1.29, 1.82) is 0 Å². The fourth-order valence-electron chi connectivity index (χ4n) is 1.59. The molecule has 1 heteroatoms. The van der Waals surface area contributed by atoms with E-state index in [9.17, 15) is 0 Å². The zero-order chi connectivity index (χ0) is 9.84. The summed E-state index contributed by atoms with van der Waals surface area (Å²) in [6.45, 7) is 6.55. The van der Waals surface area contributed by atoms with Crippen LogP contribution in [-0.4, -0.2) is 0 Å². The molecule has 0 radical (unpaired) electrons. The maximum absolute atomic E-state index is 6.03. The lowest BCUT2D eigenvalue weighted by molar-refractivity contribution is 0.678. The fourth-order valence-corrected chi connectivity index (χ4v) is 1.59. The van der Waals surface area contributed by atoms with Gasteiger partial charge in [-0.2, -0.15) is 0 Å². The first-order chi connectivity index (χ1) is 6.16. The van der Waals surface area contributed by atoms with Gasteiger partial charge in [0.05, 0.1) is 0 Å².